The van der Waals surface area contributed by atoms with E-state index in [4.69, 9.17) is 9.05 Å². The molecule has 0 rings (SSSR count). The van der Waals surface area contributed by atoms with Crippen molar-refractivity contribution in [3.63, 3.8) is 0 Å². The molecule has 0 heterocycles. The summed E-state index contributed by atoms with van der Waals surface area (Å²) in [6, 6.07) is -0.785. The fraction of sp³-hybridized carbons (Fsp3) is 0.962. The summed E-state index contributed by atoms with van der Waals surface area (Å²) >= 11 is 0. The second-order valence-electron chi connectivity index (χ2n) is 10.8. The largest absolute Gasteiger partial charge is 0.756 e. The number of aliphatic hydroxyl groups is 1. The van der Waals surface area contributed by atoms with Crippen molar-refractivity contribution in [1.82, 2.24) is 5.32 Å². The average molecular weight is 523 g/mol. The lowest BCUT2D eigenvalue weighted by molar-refractivity contribution is -0.870. The Morgan fingerprint density at radius 2 is 1.40 bits per heavy atom. The van der Waals surface area contributed by atoms with Gasteiger partial charge in [-0.15, -0.1) is 0 Å². The van der Waals surface area contributed by atoms with Gasteiger partial charge in [0.2, 0.25) is 5.91 Å². The highest BCUT2D eigenvalue weighted by Gasteiger charge is 2.24. The van der Waals surface area contributed by atoms with Gasteiger partial charge in [0.25, 0.3) is 7.82 Å². The second-order valence-corrected chi connectivity index (χ2v) is 12.2. The van der Waals surface area contributed by atoms with Gasteiger partial charge < -0.3 is 28.8 Å². The Kier molecular flexibility index (Phi) is 20.3. The van der Waals surface area contributed by atoms with Gasteiger partial charge in [-0.1, -0.05) is 90.9 Å². The van der Waals surface area contributed by atoms with Crippen molar-refractivity contribution < 1.29 is 32.9 Å². The number of nitrogens with zero attached hydrogens (tertiary/aromatic N) is 1. The SMILES string of the molecule is CCCCCCCCCCCCCC(O)C(COP(=O)([O-])OCC[N+](C)(C)C)NC(=O)CCCC. The van der Waals surface area contributed by atoms with Crippen LogP contribution in [0.4, 0.5) is 0 Å². The predicted molar refractivity (Wildman–Crippen MR) is 141 cm³/mol. The molecule has 0 saturated carbocycles. The zero-order valence-corrected chi connectivity index (χ0v) is 24.2. The van der Waals surface area contributed by atoms with Gasteiger partial charge in [0.15, 0.2) is 0 Å². The van der Waals surface area contributed by atoms with Crippen LogP contribution in [0, 0.1) is 0 Å². The molecule has 0 bridgehead atoms. The molecule has 0 saturated heterocycles. The number of hydrogen-bond acceptors (Lipinski definition) is 6. The van der Waals surface area contributed by atoms with Crippen LogP contribution in [0.25, 0.3) is 0 Å². The molecule has 0 aliphatic carbocycles. The number of carbonyl (C=O) groups is 1. The molecular formula is C26H55N2O6P. The van der Waals surface area contributed by atoms with Gasteiger partial charge in [-0.3, -0.25) is 9.36 Å². The number of phosphoric ester groups is 1. The minimum Gasteiger partial charge on any atom is -0.756 e. The van der Waals surface area contributed by atoms with Crippen molar-refractivity contribution in [1.29, 1.82) is 0 Å². The third-order valence-electron chi connectivity index (χ3n) is 6.10. The van der Waals surface area contributed by atoms with E-state index in [1.807, 2.05) is 28.1 Å². The number of aliphatic hydroxyl groups excluding tert-OH is 1. The summed E-state index contributed by atoms with van der Waals surface area (Å²) in [6.45, 7) is 4.42. The quantitative estimate of drug-likeness (QED) is 0.106. The van der Waals surface area contributed by atoms with E-state index in [9.17, 15) is 19.4 Å². The molecule has 0 spiro atoms. The van der Waals surface area contributed by atoms with E-state index in [0.29, 0.717) is 23.9 Å². The summed E-state index contributed by atoms with van der Waals surface area (Å²) in [5.41, 5.74) is 0. The molecule has 8 nitrogen and oxygen atoms in total. The van der Waals surface area contributed by atoms with Crippen molar-refractivity contribution in [2.24, 2.45) is 0 Å². The first-order valence-electron chi connectivity index (χ1n) is 13.9. The number of hydrogen-bond donors (Lipinski definition) is 2. The highest BCUT2D eigenvalue weighted by atomic mass is 31.2. The van der Waals surface area contributed by atoms with Crippen LogP contribution in [-0.4, -0.2) is 68.5 Å². The number of unbranched alkanes of at least 4 members (excludes halogenated alkanes) is 11. The van der Waals surface area contributed by atoms with Gasteiger partial charge in [0.1, 0.15) is 13.2 Å². The molecule has 210 valence electrons. The summed E-state index contributed by atoms with van der Waals surface area (Å²) in [7, 11) is 1.30. The summed E-state index contributed by atoms with van der Waals surface area (Å²) in [4.78, 5) is 24.4. The van der Waals surface area contributed by atoms with Crippen LogP contribution >= 0.6 is 7.82 Å². The first kappa shape index (κ1) is 34.5. The molecule has 3 atom stereocenters. The molecule has 0 aromatic carbocycles. The smallest absolute Gasteiger partial charge is 0.268 e. The Labute approximate surface area is 215 Å². The molecule has 0 aromatic heterocycles. The molecule has 0 fully saturated rings. The molecular weight excluding hydrogens is 467 g/mol. The van der Waals surface area contributed by atoms with Crippen molar-refractivity contribution in [3.8, 4) is 0 Å². The molecule has 0 radical (unpaired) electrons. The summed E-state index contributed by atoms with van der Waals surface area (Å²) in [5, 5.41) is 13.4. The van der Waals surface area contributed by atoms with Gasteiger partial charge in [-0.05, 0) is 12.8 Å². The Morgan fingerprint density at radius 1 is 0.886 bits per heavy atom. The number of phosphoric acid groups is 1. The van der Waals surface area contributed by atoms with E-state index < -0.39 is 20.0 Å². The van der Waals surface area contributed by atoms with Gasteiger partial charge in [0.05, 0.1) is 39.9 Å². The van der Waals surface area contributed by atoms with Gasteiger partial charge >= 0.3 is 0 Å². The third-order valence-corrected chi connectivity index (χ3v) is 7.06. The van der Waals surface area contributed by atoms with Crippen molar-refractivity contribution >= 4 is 13.7 Å². The van der Waals surface area contributed by atoms with Crippen LogP contribution in [0.5, 0.6) is 0 Å². The highest BCUT2D eigenvalue weighted by Crippen LogP contribution is 2.38. The van der Waals surface area contributed by atoms with Crippen molar-refractivity contribution in [2.75, 3.05) is 40.9 Å². The normalized spacial score (nSPS) is 15.5. The third kappa shape index (κ3) is 22.4. The highest BCUT2D eigenvalue weighted by molar-refractivity contribution is 7.45. The predicted octanol–water partition coefficient (Wildman–Crippen LogP) is 4.93. The number of quaternary nitrogens is 1. The fourth-order valence-corrected chi connectivity index (χ4v) is 4.44. The number of nitrogens with one attached hydrogen (secondary N) is 1. The van der Waals surface area contributed by atoms with Gasteiger partial charge in [0, 0.05) is 6.42 Å². The lowest BCUT2D eigenvalue weighted by atomic mass is 10.0. The maximum absolute atomic E-state index is 12.2. The Hall–Kier alpha value is -0.500. The minimum absolute atomic E-state index is 0.0130. The monoisotopic (exact) mass is 522 g/mol. The molecule has 35 heavy (non-hydrogen) atoms. The van der Waals surface area contributed by atoms with Crippen LogP contribution in [0.1, 0.15) is 110 Å². The maximum Gasteiger partial charge on any atom is 0.268 e. The maximum atomic E-state index is 12.2. The molecule has 1 amide bonds. The number of rotatable bonds is 24. The second kappa shape index (κ2) is 20.5. The van der Waals surface area contributed by atoms with Crippen molar-refractivity contribution in [3.05, 3.63) is 0 Å². The molecule has 0 aliphatic rings. The minimum atomic E-state index is -4.52. The Balaban J connectivity index is 4.41. The van der Waals surface area contributed by atoms with E-state index in [1.165, 1.54) is 51.4 Å². The lowest BCUT2D eigenvalue weighted by Crippen LogP contribution is -2.46. The first-order chi connectivity index (χ1) is 16.5. The molecule has 0 aliphatic heterocycles. The average Bonchev–Trinajstić information content (AvgIpc) is 2.77. The van der Waals surface area contributed by atoms with Crippen molar-refractivity contribution in [2.45, 2.75) is 122 Å². The van der Waals surface area contributed by atoms with Crippen LogP contribution in [0.3, 0.4) is 0 Å². The molecule has 0 aromatic rings. The Bertz CT molecular complexity index is 571. The van der Waals surface area contributed by atoms with Gasteiger partial charge in [-0.2, -0.15) is 0 Å². The van der Waals surface area contributed by atoms with Crippen LogP contribution in [0.2, 0.25) is 0 Å². The van der Waals surface area contributed by atoms with Gasteiger partial charge in [-0.25, -0.2) is 0 Å². The number of carbonyl (C=O) groups excluding carboxylic acids is 1. The lowest BCUT2D eigenvalue weighted by Gasteiger charge is -2.30. The standard InChI is InChI=1S/C26H55N2O6P/c1-6-8-10-11-12-13-14-15-16-17-18-19-25(29)24(27-26(30)20-9-7-2)23-34-35(31,32)33-22-21-28(3,4)5/h24-25,29H,6-23H2,1-5H3,(H-,27,30,31,32). The summed E-state index contributed by atoms with van der Waals surface area (Å²) in [5.74, 6) is -0.204. The van der Waals surface area contributed by atoms with E-state index in [2.05, 4.69) is 12.2 Å². The number of likely N-dealkylation sites (N-methyl/N-ethyl adjacent to an activating group) is 1. The van der Waals surface area contributed by atoms with E-state index in [1.54, 1.807) is 0 Å². The van der Waals surface area contributed by atoms with Crippen LogP contribution < -0.4 is 10.2 Å². The zero-order chi connectivity index (χ0) is 26.6. The van der Waals surface area contributed by atoms with E-state index in [-0.39, 0.29) is 19.1 Å². The van der Waals surface area contributed by atoms with E-state index >= 15 is 0 Å². The zero-order valence-electron chi connectivity index (χ0n) is 23.3. The first-order valence-corrected chi connectivity index (χ1v) is 15.3. The van der Waals surface area contributed by atoms with E-state index in [0.717, 1.165) is 32.1 Å². The summed E-state index contributed by atoms with van der Waals surface area (Å²) in [6.07, 6.45) is 14.9. The molecule has 9 heteroatoms. The van der Waals surface area contributed by atoms with Crippen LogP contribution in [0.15, 0.2) is 0 Å². The molecule has 2 N–H and O–H groups in total. The summed E-state index contributed by atoms with van der Waals surface area (Å²) < 4.78 is 22.7. The van der Waals surface area contributed by atoms with Crippen LogP contribution in [-0.2, 0) is 18.4 Å². The topological polar surface area (TPSA) is 108 Å². The molecule has 3 unspecified atom stereocenters. The Morgan fingerprint density at radius 3 is 1.91 bits per heavy atom. The number of amides is 1. The fourth-order valence-electron chi connectivity index (χ4n) is 3.72.